The number of benzene rings is 3. The molecule has 1 N–H and O–H groups in total. The molecule has 0 saturated carbocycles. The highest BCUT2D eigenvalue weighted by Crippen LogP contribution is 2.56. The first-order chi connectivity index (χ1) is 21.2. The number of carbonyl (C=O) groups excluding carboxylic acids is 2. The molecule has 3 unspecified atom stereocenters. The first-order valence-corrected chi connectivity index (χ1v) is 16.8. The molecule has 8 atom stereocenters. The minimum Gasteiger partial charge on any atom is -0.454 e. The summed E-state index contributed by atoms with van der Waals surface area (Å²) in [4.78, 5) is 31.3. The van der Waals surface area contributed by atoms with E-state index in [2.05, 4.69) is 114 Å². The van der Waals surface area contributed by atoms with Crippen LogP contribution < -0.4 is 5.32 Å². The van der Waals surface area contributed by atoms with Crippen molar-refractivity contribution in [3.05, 3.63) is 129 Å². The molecule has 5 nitrogen and oxygen atoms in total. The molecule has 3 aromatic rings. The van der Waals surface area contributed by atoms with Crippen molar-refractivity contribution in [1.82, 2.24) is 10.2 Å². The summed E-state index contributed by atoms with van der Waals surface area (Å²) in [5.74, 6) is -0.811. The summed E-state index contributed by atoms with van der Waals surface area (Å²) in [5, 5.41) is 3.37. The zero-order valence-electron chi connectivity index (χ0n) is 25.4. The summed E-state index contributed by atoms with van der Waals surface area (Å²) in [6, 6.07) is 30.2. The first kappa shape index (κ1) is 29.5. The Morgan fingerprint density at radius 3 is 2.07 bits per heavy atom. The van der Waals surface area contributed by atoms with Crippen LogP contribution in [0.1, 0.15) is 56.0 Å². The van der Waals surface area contributed by atoms with Crippen LogP contribution in [0.2, 0.25) is 0 Å². The van der Waals surface area contributed by atoms with Gasteiger partial charge in [-0.2, -0.15) is 0 Å². The van der Waals surface area contributed by atoms with Crippen LogP contribution in [-0.2, 0) is 20.7 Å². The van der Waals surface area contributed by atoms with E-state index in [1.807, 2.05) is 42.5 Å². The van der Waals surface area contributed by atoms with Crippen molar-refractivity contribution >= 4 is 34.5 Å². The molecule has 0 spiro atoms. The maximum absolute atomic E-state index is 14.7. The minimum absolute atomic E-state index is 0.00913. The monoisotopic (exact) mass is 698 g/mol. The molecule has 0 aromatic heterocycles. The lowest BCUT2D eigenvalue weighted by Gasteiger charge is -2.52. The maximum atomic E-state index is 14.7. The van der Waals surface area contributed by atoms with E-state index in [-0.39, 0.29) is 53.0 Å². The number of halogens is 1. The Morgan fingerprint density at radius 1 is 0.818 bits per heavy atom. The van der Waals surface area contributed by atoms with Crippen molar-refractivity contribution in [1.29, 1.82) is 0 Å². The van der Waals surface area contributed by atoms with E-state index in [0.29, 0.717) is 6.42 Å². The summed E-state index contributed by atoms with van der Waals surface area (Å²) in [7, 11) is 0. The standard InChI is InChI=1S/C38H39IN2O3/c1-38(2,3)22-30-32-27-20-26(39)21-29(32)40-36(42)31(27)28(19-23-13-7-4-8-14-23)34-37(43)44-35(25-17-11-6-12-18-25)33(41(30)34)24-15-9-5-10-16-24/h4-18,20-21,27-28,30-35H,19,22H2,1-3H3,(H,40,42)/t27?,28?,30-,31-,32?,33-,34-,35+/m1/s1. The Morgan fingerprint density at radius 2 is 1.43 bits per heavy atom. The number of amides is 1. The molecule has 226 valence electrons. The number of morpholine rings is 1. The number of carbonyl (C=O) groups is 2. The summed E-state index contributed by atoms with van der Waals surface area (Å²) < 4.78 is 7.72. The zero-order valence-corrected chi connectivity index (χ0v) is 27.6. The highest BCUT2D eigenvalue weighted by Gasteiger charge is 2.62. The average molecular weight is 699 g/mol. The van der Waals surface area contributed by atoms with E-state index >= 15 is 0 Å². The number of hydrogen-bond acceptors (Lipinski definition) is 4. The van der Waals surface area contributed by atoms with Gasteiger partial charge in [0.1, 0.15) is 12.1 Å². The summed E-state index contributed by atoms with van der Waals surface area (Å²) in [5.41, 5.74) is 4.19. The fourth-order valence-corrected chi connectivity index (χ4v) is 9.10. The lowest BCUT2D eigenvalue weighted by molar-refractivity contribution is -0.186. The predicted octanol–water partition coefficient (Wildman–Crippen LogP) is 7.57. The van der Waals surface area contributed by atoms with Gasteiger partial charge in [-0.3, -0.25) is 14.5 Å². The number of cyclic esters (lactones) is 1. The number of esters is 1. The lowest BCUT2D eigenvalue weighted by atomic mass is 9.65. The number of allylic oxidation sites excluding steroid dienone is 3. The Labute approximate surface area is 273 Å². The van der Waals surface area contributed by atoms with Gasteiger partial charge in [-0.25, -0.2) is 0 Å². The van der Waals surface area contributed by atoms with Crippen molar-refractivity contribution in [3.63, 3.8) is 0 Å². The highest BCUT2D eigenvalue weighted by molar-refractivity contribution is 14.1. The third-order valence-electron chi connectivity index (χ3n) is 9.89. The average Bonchev–Trinajstić information content (AvgIpc) is 3.08. The van der Waals surface area contributed by atoms with Crippen LogP contribution in [-0.4, -0.2) is 28.9 Å². The minimum atomic E-state index is -0.584. The molecule has 7 rings (SSSR count). The van der Waals surface area contributed by atoms with E-state index in [1.165, 1.54) is 0 Å². The summed E-state index contributed by atoms with van der Waals surface area (Å²) >= 11 is 2.39. The second kappa shape index (κ2) is 11.6. The van der Waals surface area contributed by atoms with Crippen molar-refractivity contribution in [3.8, 4) is 0 Å². The van der Waals surface area contributed by atoms with Crippen molar-refractivity contribution in [2.45, 2.75) is 57.8 Å². The van der Waals surface area contributed by atoms with Crippen LogP contribution in [0, 0.1) is 29.1 Å². The van der Waals surface area contributed by atoms with Crippen LogP contribution in [0.3, 0.4) is 0 Å². The number of fused-ring (bicyclic) bond motifs is 1. The number of nitrogens with one attached hydrogen (secondary N) is 1. The molecule has 4 aliphatic rings. The molecule has 0 radical (unpaired) electrons. The number of piperidine rings is 1. The highest BCUT2D eigenvalue weighted by atomic mass is 127. The topological polar surface area (TPSA) is 58.6 Å². The van der Waals surface area contributed by atoms with Gasteiger partial charge >= 0.3 is 5.97 Å². The van der Waals surface area contributed by atoms with Crippen molar-refractivity contribution in [2.24, 2.45) is 29.1 Å². The molecular formula is C38H39IN2O3. The van der Waals surface area contributed by atoms with Gasteiger partial charge in [0, 0.05) is 27.2 Å². The molecule has 6 heteroatoms. The third kappa shape index (κ3) is 5.34. The van der Waals surface area contributed by atoms with Gasteiger partial charge < -0.3 is 10.1 Å². The number of nitrogens with zero attached hydrogens (tertiary/aromatic N) is 1. The smallest absolute Gasteiger partial charge is 0.324 e. The molecule has 1 aliphatic carbocycles. The summed E-state index contributed by atoms with van der Waals surface area (Å²) in [6.45, 7) is 6.85. The fraction of sp³-hybridized carbons (Fsp3) is 0.368. The molecule has 3 saturated heterocycles. The molecule has 3 heterocycles. The van der Waals surface area contributed by atoms with Gasteiger partial charge in [0.25, 0.3) is 0 Å². The Hall–Kier alpha value is -3.23. The lowest BCUT2D eigenvalue weighted by Crippen LogP contribution is -2.60. The molecular weight excluding hydrogens is 659 g/mol. The largest absolute Gasteiger partial charge is 0.454 e. The van der Waals surface area contributed by atoms with Gasteiger partial charge in [-0.1, -0.05) is 118 Å². The maximum Gasteiger partial charge on any atom is 0.324 e. The molecule has 3 aromatic carbocycles. The second-order valence-corrected chi connectivity index (χ2v) is 15.2. The first-order valence-electron chi connectivity index (χ1n) is 15.7. The fourth-order valence-electron chi connectivity index (χ4n) is 8.35. The Bertz CT molecular complexity index is 1600. The molecule has 44 heavy (non-hydrogen) atoms. The van der Waals surface area contributed by atoms with Gasteiger partial charge in [0.2, 0.25) is 5.91 Å². The normalized spacial score (nSPS) is 31.5. The SMILES string of the molecule is CC(C)(C)C[C@@H]1C2C3=CC(I)=CC2[C@@H](C(=O)N3)C(Cc2ccccc2)[C@@H]2C(=O)O[C@@H](c3ccccc3)[C@@H](c3ccccc3)N12. The van der Waals surface area contributed by atoms with Gasteiger partial charge in [0.15, 0.2) is 0 Å². The molecule has 3 fully saturated rings. The second-order valence-electron chi connectivity index (χ2n) is 14.0. The van der Waals surface area contributed by atoms with Crippen LogP contribution in [0.15, 0.2) is 112 Å². The van der Waals surface area contributed by atoms with E-state index in [0.717, 1.165) is 32.4 Å². The summed E-state index contributed by atoms with van der Waals surface area (Å²) in [6.07, 6.45) is 5.45. The Balaban J connectivity index is 1.49. The van der Waals surface area contributed by atoms with Crippen LogP contribution in [0.5, 0.6) is 0 Å². The predicted molar refractivity (Wildman–Crippen MR) is 180 cm³/mol. The molecule has 3 aliphatic heterocycles. The third-order valence-corrected chi connectivity index (χ3v) is 10.6. The van der Waals surface area contributed by atoms with E-state index in [1.54, 1.807) is 0 Å². The van der Waals surface area contributed by atoms with Gasteiger partial charge in [0.05, 0.1) is 12.0 Å². The number of hydrogen-bond donors (Lipinski definition) is 1. The van der Waals surface area contributed by atoms with Crippen molar-refractivity contribution in [2.75, 3.05) is 0 Å². The zero-order chi connectivity index (χ0) is 30.6. The van der Waals surface area contributed by atoms with Crippen LogP contribution >= 0.6 is 22.6 Å². The van der Waals surface area contributed by atoms with Gasteiger partial charge in [-0.15, -0.1) is 0 Å². The van der Waals surface area contributed by atoms with Crippen molar-refractivity contribution < 1.29 is 14.3 Å². The molecule has 1 amide bonds. The van der Waals surface area contributed by atoms with E-state index in [9.17, 15) is 9.59 Å². The van der Waals surface area contributed by atoms with Gasteiger partial charge in [-0.05, 0) is 69.5 Å². The molecule has 4 bridgehead atoms. The number of ether oxygens (including phenoxy) is 1. The van der Waals surface area contributed by atoms with Crippen LogP contribution in [0.4, 0.5) is 0 Å². The number of rotatable bonds is 5. The quantitative estimate of drug-likeness (QED) is 0.221. The van der Waals surface area contributed by atoms with Crippen LogP contribution in [0.25, 0.3) is 0 Å². The van der Waals surface area contributed by atoms with E-state index in [4.69, 9.17) is 4.74 Å². The van der Waals surface area contributed by atoms with E-state index < -0.39 is 12.1 Å². The Kier molecular flexibility index (Phi) is 7.78.